The van der Waals surface area contributed by atoms with E-state index in [0.717, 1.165) is 11.3 Å². The lowest BCUT2D eigenvalue weighted by atomic mass is 10.0. The van der Waals surface area contributed by atoms with Crippen LogP contribution in [0.5, 0.6) is 0 Å². The van der Waals surface area contributed by atoms with Gasteiger partial charge in [0.1, 0.15) is 0 Å². The molecule has 0 aliphatic carbocycles. The second-order valence-electron chi connectivity index (χ2n) is 4.56. The Morgan fingerprint density at radius 2 is 1.68 bits per heavy atom. The van der Waals surface area contributed by atoms with Gasteiger partial charge in [-0.15, -0.1) is 24.2 Å². The number of aromatic carboxylic acids is 1. The number of hydrogen-bond donors (Lipinski definition) is 1. The molecule has 0 fully saturated rings. The van der Waals surface area contributed by atoms with Gasteiger partial charge in [-0.3, -0.25) is 0 Å². The maximum Gasteiger partial charge on any atom is 0.337 e. The average molecular weight is 332 g/mol. The van der Waals surface area contributed by atoms with E-state index in [0.29, 0.717) is 21.4 Å². The molecule has 0 saturated carbocycles. The Hall–Kier alpha value is -2.04. The van der Waals surface area contributed by atoms with Crippen molar-refractivity contribution in [3.8, 4) is 11.3 Å². The molecule has 0 aliphatic heterocycles. The van der Waals surface area contributed by atoms with E-state index in [1.54, 1.807) is 6.07 Å². The summed E-state index contributed by atoms with van der Waals surface area (Å²) in [5.74, 6) is -0.921. The zero-order valence-corrected chi connectivity index (χ0v) is 13.4. The third-order valence-electron chi connectivity index (χ3n) is 3.31. The Balaban J connectivity index is 0.00000176. The fourth-order valence-corrected chi connectivity index (χ4v) is 3.16. The maximum absolute atomic E-state index is 11.7. The number of carboxylic acid groups (broad SMARTS) is 1. The van der Waals surface area contributed by atoms with Crippen LogP contribution in [0.25, 0.3) is 22.2 Å². The number of fused-ring (bicyclic) bond motifs is 1. The first-order valence-electron chi connectivity index (χ1n) is 6.48. The molecule has 1 N–H and O–H groups in total. The quantitative estimate of drug-likeness (QED) is 0.704. The van der Waals surface area contributed by atoms with Crippen LogP contribution in [0.3, 0.4) is 0 Å². The number of aromatic nitrogens is 1. The number of thioether (sulfide) groups is 1. The number of para-hydroxylation sites is 1. The lowest BCUT2D eigenvalue weighted by molar-refractivity contribution is 0.0695. The first kappa shape index (κ1) is 16.3. The molecule has 2 aromatic carbocycles. The number of benzene rings is 2. The van der Waals surface area contributed by atoms with Crippen LogP contribution >= 0.6 is 24.2 Å². The molecule has 22 heavy (non-hydrogen) atoms. The molecule has 0 radical (unpaired) electrons. The molecule has 3 aromatic rings. The highest BCUT2D eigenvalue weighted by atomic mass is 35.5. The molecular weight excluding hydrogens is 318 g/mol. The van der Waals surface area contributed by atoms with Crippen molar-refractivity contribution in [2.24, 2.45) is 0 Å². The van der Waals surface area contributed by atoms with Crippen molar-refractivity contribution in [1.29, 1.82) is 0 Å². The molecule has 0 saturated heterocycles. The number of nitrogens with zero attached hydrogens (tertiary/aromatic N) is 1. The molecule has 3 nitrogen and oxygen atoms in total. The molecule has 0 bridgehead atoms. The van der Waals surface area contributed by atoms with Crippen molar-refractivity contribution in [2.75, 3.05) is 6.26 Å². The van der Waals surface area contributed by atoms with Gasteiger partial charge in [0.05, 0.1) is 16.8 Å². The van der Waals surface area contributed by atoms with Crippen LogP contribution in [0, 0.1) is 0 Å². The Morgan fingerprint density at radius 3 is 2.32 bits per heavy atom. The second-order valence-corrected chi connectivity index (χ2v) is 5.37. The van der Waals surface area contributed by atoms with E-state index in [2.05, 4.69) is 4.98 Å². The van der Waals surface area contributed by atoms with Gasteiger partial charge < -0.3 is 5.11 Å². The van der Waals surface area contributed by atoms with Crippen molar-refractivity contribution < 1.29 is 9.90 Å². The molecule has 1 aromatic heterocycles. The number of carbonyl (C=O) groups is 1. The van der Waals surface area contributed by atoms with E-state index >= 15 is 0 Å². The number of halogens is 1. The summed E-state index contributed by atoms with van der Waals surface area (Å²) in [4.78, 5) is 17.1. The second kappa shape index (κ2) is 6.81. The Morgan fingerprint density at radius 1 is 1.05 bits per heavy atom. The molecule has 0 atom stereocenters. The summed E-state index contributed by atoms with van der Waals surface area (Å²) in [7, 11) is 0. The number of pyridine rings is 1. The van der Waals surface area contributed by atoms with Gasteiger partial charge in [0.15, 0.2) is 0 Å². The van der Waals surface area contributed by atoms with E-state index < -0.39 is 5.97 Å². The molecule has 0 aliphatic rings. The van der Waals surface area contributed by atoms with Gasteiger partial charge in [-0.25, -0.2) is 9.78 Å². The number of hydrogen-bond acceptors (Lipinski definition) is 3. The highest BCUT2D eigenvalue weighted by Gasteiger charge is 2.20. The van der Waals surface area contributed by atoms with Gasteiger partial charge in [0.25, 0.3) is 0 Å². The van der Waals surface area contributed by atoms with E-state index in [1.807, 2.05) is 54.8 Å². The zero-order chi connectivity index (χ0) is 14.8. The minimum absolute atomic E-state index is 0. The summed E-state index contributed by atoms with van der Waals surface area (Å²) in [5, 5.41) is 10.3. The molecule has 0 amide bonds. The molecule has 0 unspecified atom stereocenters. The number of carboxylic acids is 1. The molecule has 5 heteroatoms. The van der Waals surface area contributed by atoms with E-state index in [1.165, 1.54) is 11.8 Å². The summed E-state index contributed by atoms with van der Waals surface area (Å²) in [6, 6.07) is 17.0. The van der Waals surface area contributed by atoms with Crippen molar-refractivity contribution >= 4 is 41.0 Å². The smallest absolute Gasteiger partial charge is 0.337 e. The first-order valence-corrected chi connectivity index (χ1v) is 7.70. The fourth-order valence-electron chi connectivity index (χ4n) is 2.40. The van der Waals surface area contributed by atoms with Gasteiger partial charge in [-0.2, -0.15) is 0 Å². The Bertz CT molecular complexity index is 822. The van der Waals surface area contributed by atoms with Crippen LogP contribution < -0.4 is 0 Å². The minimum atomic E-state index is -0.921. The van der Waals surface area contributed by atoms with Gasteiger partial charge in [0, 0.05) is 15.8 Å². The van der Waals surface area contributed by atoms with Crippen LogP contribution in [-0.4, -0.2) is 22.3 Å². The lowest BCUT2D eigenvalue weighted by Gasteiger charge is -2.13. The first-order chi connectivity index (χ1) is 10.2. The van der Waals surface area contributed by atoms with Crippen molar-refractivity contribution in [3.63, 3.8) is 0 Å². The molecule has 0 spiro atoms. The van der Waals surface area contributed by atoms with Crippen molar-refractivity contribution in [3.05, 3.63) is 60.2 Å². The minimum Gasteiger partial charge on any atom is -0.478 e. The van der Waals surface area contributed by atoms with Gasteiger partial charge in [-0.1, -0.05) is 48.5 Å². The Labute approximate surface area is 138 Å². The topological polar surface area (TPSA) is 50.2 Å². The zero-order valence-electron chi connectivity index (χ0n) is 11.8. The van der Waals surface area contributed by atoms with Crippen LogP contribution in [0.1, 0.15) is 10.4 Å². The van der Waals surface area contributed by atoms with Crippen molar-refractivity contribution in [2.45, 2.75) is 4.90 Å². The summed E-state index contributed by atoms with van der Waals surface area (Å²) in [6.45, 7) is 0. The summed E-state index contributed by atoms with van der Waals surface area (Å²) >= 11 is 1.42. The SMILES string of the molecule is CSc1c(-c2ccccc2)nc2ccccc2c1C(=O)O.Cl. The van der Waals surface area contributed by atoms with Crippen LogP contribution in [0.15, 0.2) is 59.5 Å². The van der Waals surface area contributed by atoms with E-state index in [4.69, 9.17) is 0 Å². The monoisotopic (exact) mass is 331 g/mol. The predicted octanol–water partition coefficient (Wildman–Crippen LogP) is 4.74. The van der Waals surface area contributed by atoms with E-state index in [-0.39, 0.29) is 12.4 Å². The lowest BCUT2D eigenvalue weighted by Crippen LogP contribution is -2.04. The molecule has 3 rings (SSSR count). The highest BCUT2D eigenvalue weighted by molar-refractivity contribution is 7.98. The average Bonchev–Trinajstić information content (AvgIpc) is 2.53. The molecular formula is C17H14ClNO2S. The largest absolute Gasteiger partial charge is 0.478 e. The Kier molecular flexibility index (Phi) is 5.06. The fraction of sp³-hybridized carbons (Fsp3) is 0.0588. The summed E-state index contributed by atoms with van der Waals surface area (Å²) in [6.07, 6.45) is 1.88. The standard InChI is InChI=1S/C17H13NO2S.ClH/c1-21-16-14(17(19)20)12-9-5-6-10-13(12)18-15(16)11-7-3-2-4-8-11;/h2-10H,1H3,(H,19,20);1H. The molecule has 1 heterocycles. The predicted molar refractivity (Wildman–Crippen MR) is 93.2 cm³/mol. The third-order valence-corrected chi connectivity index (χ3v) is 4.12. The van der Waals surface area contributed by atoms with Gasteiger partial charge in [0.2, 0.25) is 0 Å². The summed E-state index contributed by atoms with van der Waals surface area (Å²) < 4.78 is 0. The normalized spacial score (nSPS) is 10.2. The van der Waals surface area contributed by atoms with Crippen LogP contribution in [0.4, 0.5) is 0 Å². The van der Waals surface area contributed by atoms with Gasteiger partial charge in [-0.05, 0) is 12.3 Å². The summed E-state index contributed by atoms with van der Waals surface area (Å²) in [5.41, 5.74) is 2.67. The van der Waals surface area contributed by atoms with Crippen molar-refractivity contribution in [1.82, 2.24) is 4.98 Å². The highest BCUT2D eigenvalue weighted by Crippen LogP contribution is 2.35. The molecule has 112 valence electrons. The van der Waals surface area contributed by atoms with Crippen LogP contribution in [-0.2, 0) is 0 Å². The van der Waals surface area contributed by atoms with Gasteiger partial charge >= 0.3 is 5.97 Å². The van der Waals surface area contributed by atoms with E-state index in [9.17, 15) is 9.90 Å². The van der Waals surface area contributed by atoms with Crippen LogP contribution in [0.2, 0.25) is 0 Å². The number of rotatable bonds is 3. The maximum atomic E-state index is 11.7. The third kappa shape index (κ3) is 2.80.